The van der Waals surface area contributed by atoms with Crippen molar-refractivity contribution in [2.45, 2.75) is 33.4 Å². The molecule has 0 radical (unpaired) electrons. The standard InChI is InChI=1S/C14H18BrN3O2/c1-3-6-16-8-11-4-5-13(12(15)7-11)19-9-14-17-10(2)18-20-14/h4-5,7,16H,3,6,8-9H2,1-2H3. The van der Waals surface area contributed by atoms with Crippen molar-refractivity contribution in [2.24, 2.45) is 0 Å². The topological polar surface area (TPSA) is 60.2 Å². The first kappa shape index (κ1) is 15.0. The SMILES string of the molecule is CCCNCc1ccc(OCc2nc(C)no2)c(Br)c1. The molecular formula is C14H18BrN3O2. The molecule has 108 valence electrons. The molecule has 1 aromatic carbocycles. The highest BCUT2D eigenvalue weighted by molar-refractivity contribution is 9.10. The quantitative estimate of drug-likeness (QED) is 0.784. The first-order valence-corrected chi connectivity index (χ1v) is 7.39. The maximum absolute atomic E-state index is 5.65. The van der Waals surface area contributed by atoms with E-state index in [1.165, 1.54) is 5.56 Å². The molecule has 1 heterocycles. The lowest BCUT2D eigenvalue weighted by molar-refractivity contribution is 0.241. The van der Waals surface area contributed by atoms with E-state index in [4.69, 9.17) is 9.26 Å². The van der Waals surface area contributed by atoms with E-state index in [-0.39, 0.29) is 6.61 Å². The fourth-order valence-electron chi connectivity index (χ4n) is 1.72. The number of aromatic nitrogens is 2. The average molecular weight is 340 g/mol. The van der Waals surface area contributed by atoms with Crippen LogP contribution in [0.3, 0.4) is 0 Å². The minimum absolute atomic E-state index is 0.271. The Hall–Kier alpha value is -1.40. The van der Waals surface area contributed by atoms with E-state index in [1.807, 2.05) is 12.1 Å². The third-order valence-corrected chi connectivity index (χ3v) is 3.29. The molecule has 0 fully saturated rings. The van der Waals surface area contributed by atoms with Gasteiger partial charge >= 0.3 is 0 Å². The Morgan fingerprint density at radius 1 is 1.40 bits per heavy atom. The summed E-state index contributed by atoms with van der Waals surface area (Å²) in [6.07, 6.45) is 1.13. The minimum atomic E-state index is 0.271. The second-order valence-corrected chi connectivity index (χ2v) is 5.32. The molecule has 1 aromatic heterocycles. The molecule has 20 heavy (non-hydrogen) atoms. The van der Waals surface area contributed by atoms with E-state index in [0.29, 0.717) is 11.7 Å². The van der Waals surface area contributed by atoms with Crippen molar-refractivity contribution in [3.8, 4) is 5.75 Å². The summed E-state index contributed by atoms with van der Waals surface area (Å²) in [7, 11) is 0. The van der Waals surface area contributed by atoms with E-state index in [9.17, 15) is 0 Å². The Kier molecular flexibility index (Phi) is 5.55. The second-order valence-electron chi connectivity index (χ2n) is 4.47. The summed E-state index contributed by atoms with van der Waals surface area (Å²) < 4.78 is 11.6. The molecule has 0 aliphatic carbocycles. The monoisotopic (exact) mass is 339 g/mol. The lowest BCUT2D eigenvalue weighted by atomic mass is 10.2. The molecule has 0 spiro atoms. The normalized spacial score (nSPS) is 10.8. The van der Waals surface area contributed by atoms with E-state index in [1.54, 1.807) is 6.92 Å². The first-order chi connectivity index (χ1) is 9.69. The highest BCUT2D eigenvalue weighted by Crippen LogP contribution is 2.26. The van der Waals surface area contributed by atoms with E-state index in [2.05, 4.69) is 44.4 Å². The lowest BCUT2D eigenvalue weighted by Gasteiger charge is -2.08. The Morgan fingerprint density at radius 3 is 2.90 bits per heavy atom. The summed E-state index contributed by atoms with van der Waals surface area (Å²) in [6, 6.07) is 6.04. The van der Waals surface area contributed by atoms with Crippen molar-refractivity contribution < 1.29 is 9.26 Å². The number of aryl methyl sites for hydroxylation is 1. The van der Waals surface area contributed by atoms with E-state index in [0.717, 1.165) is 29.7 Å². The van der Waals surface area contributed by atoms with Crippen molar-refractivity contribution in [1.29, 1.82) is 0 Å². The van der Waals surface area contributed by atoms with Gasteiger partial charge < -0.3 is 14.6 Å². The summed E-state index contributed by atoms with van der Waals surface area (Å²) in [5.41, 5.74) is 1.21. The van der Waals surface area contributed by atoms with Crippen LogP contribution in [-0.2, 0) is 13.2 Å². The summed E-state index contributed by atoms with van der Waals surface area (Å²) in [5.74, 6) is 1.85. The van der Waals surface area contributed by atoms with Crippen LogP contribution in [0, 0.1) is 6.92 Å². The van der Waals surface area contributed by atoms with Crippen LogP contribution in [0.15, 0.2) is 27.2 Å². The molecule has 2 rings (SSSR count). The van der Waals surface area contributed by atoms with Crippen molar-refractivity contribution >= 4 is 15.9 Å². The smallest absolute Gasteiger partial charge is 0.264 e. The third-order valence-electron chi connectivity index (χ3n) is 2.67. The number of rotatable bonds is 7. The fourth-order valence-corrected chi connectivity index (χ4v) is 2.26. The van der Waals surface area contributed by atoms with Crippen LogP contribution in [0.4, 0.5) is 0 Å². The minimum Gasteiger partial charge on any atom is -0.483 e. The first-order valence-electron chi connectivity index (χ1n) is 6.60. The van der Waals surface area contributed by atoms with Gasteiger partial charge in [0.25, 0.3) is 5.89 Å². The second kappa shape index (κ2) is 7.40. The van der Waals surface area contributed by atoms with Gasteiger partial charge in [-0.1, -0.05) is 18.1 Å². The van der Waals surface area contributed by atoms with Crippen molar-refractivity contribution in [3.63, 3.8) is 0 Å². The molecule has 2 aromatic rings. The molecule has 6 heteroatoms. The van der Waals surface area contributed by atoms with Crippen LogP contribution in [0.25, 0.3) is 0 Å². The van der Waals surface area contributed by atoms with Crippen LogP contribution in [0.5, 0.6) is 5.75 Å². The third kappa shape index (κ3) is 4.31. The number of nitrogens with one attached hydrogen (secondary N) is 1. The largest absolute Gasteiger partial charge is 0.483 e. The number of nitrogens with zero attached hydrogens (tertiary/aromatic N) is 2. The predicted octanol–water partition coefficient (Wildman–Crippen LogP) is 3.22. The van der Waals surface area contributed by atoms with Gasteiger partial charge in [-0.05, 0) is 53.5 Å². The Morgan fingerprint density at radius 2 is 2.25 bits per heavy atom. The lowest BCUT2D eigenvalue weighted by Crippen LogP contribution is -2.13. The van der Waals surface area contributed by atoms with Crippen LogP contribution in [0.1, 0.15) is 30.6 Å². The molecular weight excluding hydrogens is 322 g/mol. The van der Waals surface area contributed by atoms with Gasteiger partial charge in [0.15, 0.2) is 12.4 Å². The van der Waals surface area contributed by atoms with Gasteiger partial charge in [0.2, 0.25) is 0 Å². The molecule has 0 atom stereocenters. The number of hydrogen-bond donors (Lipinski definition) is 1. The highest BCUT2D eigenvalue weighted by atomic mass is 79.9. The van der Waals surface area contributed by atoms with Crippen LogP contribution in [0.2, 0.25) is 0 Å². The molecule has 0 bridgehead atoms. The van der Waals surface area contributed by atoms with Gasteiger partial charge in [-0.15, -0.1) is 0 Å². The van der Waals surface area contributed by atoms with Gasteiger partial charge in [0.1, 0.15) is 5.75 Å². The molecule has 0 unspecified atom stereocenters. The highest BCUT2D eigenvalue weighted by Gasteiger charge is 2.07. The fraction of sp³-hybridized carbons (Fsp3) is 0.429. The molecule has 0 aliphatic heterocycles. The summed E-state index contributed by atoms with van der Waals surface area (Å²) in [5, 5.41) is 7.08. The summed E-state index contributed by atoms with van der Waals surface area (Å²) in [6.45, 7) is 6.08. The Balaban J connectivity index is 1.92. The van der Waals surface area contributed by atoms with Crippen molar-refractivity contribution in [2.75, 3.05) is 6.54 Å². The summed E-state index contributed by atoms with van der Waals surface area (Å²) in [4.78, 5) is 4.09. The van der Waals surface area contributed by atoms with E-state index >= 15 is 0 Å². The Labute approximate surface area is 126 Å². The number of halogens is 1. The maximum atomic E-state index is 5.65. The van der Waals surface area contributed by atoms with Gasteiger partial charge in [-0.25, -0.2) is 0 Å². The number of benzene rings is 1. The molecule has 0 saturated carbocycles. The van der Waals surface area contributed by atoms with Gasteiger partial charge in [-0.2, -0.15) is 4.98 Å². The molecule has 0 aliphatic rings. The maximum Gasteiger partial charge on any atom is 0.264 e. The molecule has 5 nitrogen and oxygen atoms in total. The zero-order valence-electron chi connectivity index (χ0n) is 11.6. The number of hydrogen-bond acceptors (Lipinski definition) is 5. The van der Waals surface area contributed by atoms with Crippen LogP contribution < -0.4 is 10.1 Å². The molecule has 0 amide bonds. The predicted molar refractivity (Wildman–Crippen MR) is 79.5 cm³/mol. The summed E-state index contributed by atoms with van der Waals surface area (Å²) >= 11 is 3.52. The van der Waals surface area contributed by atoms with Crippen molar-refractivity contribution in [3.05, 3.63) is 40.0 Å². The molecule has 0 saturated heterocycles. The van der Waals surface area contributed by atoms with Crippen LogP contribution >= 0.6 is 15.9 Å². The van der Waals surface area contributed by atoms with Gasteiger partial charge in [-0.3, -0.25) is 0 Å². The zero-order valence-corrected chi connectivity index (χ0v) is 13.2. The van der Waals surface area contributed by atoms with Gasteiger partial charge in [0.05, 0.1) is 4.47 Å². The molecule has 1 N–H and O–H groups in total. The van der Waals surface area contributed by atoms with E-state index < -0.39 is 0 Å². The zero-order chi connectivity index (χ0) is 14.4. The van der Waals surface area contributed by atoms with Crippen molar-refractivity contribution in [1.82, 2.24) is 15.5 Å². The average Bonchev–Trinajstić information content (AvgIpc) is 2.84. The van der Waals surface area contributed by atoms with Crippen LogP contribution in [-0.4, -0.2) is 16.7 Å². The number of ether oxygens (including phenoxy) is 1. The Bertz CT molecular complexity index is 557. The van der Waals surface area contributed by atoms with Gasteiger partial charge in [0, 0.05) is 6.54 Å².